The second-order valence-electron chi connectivity index (χ2n) is 3.72. The summed E-state index contributed by atoms with van der Waals surface area (Å²) in [5.74, 6) is 0. The Morgan fingerprint density at radius 1 is 1.28 bits per heavy atom. The van der Waals surface area contributed by atoms with E-state index in [0.717, 1.165) is 12.1 Å². The molecule has 0 aliphatic carbocycles. The Labute approximate surface area is 116 Å². The monoisotopic (exact) mass is 346 g/mol. The van der Waals surface area contributed by atoms with Gasteiger partial charge in [-0.15, -0.1) is 0 Å². The number of hydrogen-bond donors (Lipinski definition) is 2. The maximum Gasteiger partial charge on any atom is 0.416 e. The van der Waals surface area contributed by atoms with Crippen LogP contribution < -0.4 is 0 Å². The van der Waals surface area contributed by atoms with E-state index in [1.807, 2.05) is 0 Å². The largest absolute Gasteiger partial charge is 0.416 e. The van der Waals surface area contributed by atoms with Crippen LogP contribution in [0.2, 0.25) is 5.02 Å². The number of rotatable bonds is 4. The number of aliphatic hydroxyl groups is 2. The van der Waals surface area contributed by atoms with E-state index in [2.05, 4.69) is 15.9 Å². The van der Waals surface area contributed by atoms with Crippen molar-refractivity contribution in [2.24, 2.45) is 0 Å². The molecule has 0 fully saturated rings. The number of aliphatic hydroxyl groups excluding tert-OH is 2. The van der Waals surface area contributed by atoms with Crippen molar-refractivity contribution in [2.75, 3.05) is 5.33 Å². The molecule has 2 nitrogen and oxygen atoms in total. The molecule has 1 aromatic rings. The lowest BCUT2D eigenvalue weighted by Gasteiger charge is -2.21. The minimum absolute atomic E-state index is 0.0757. The van der Waals surface area contributed by atoms with Gasteiger partial charge in [-0.25, -0.2) is 0 Å². The second kappa shape index (κ2) is 6.23. The first-order valence-corrected chi connectivity index (χ1v) is 6.56. The van der Waals surface area contributed by atoms with Crippen molar-refractivity contribution in [3.05, 3.63) is 34.3 Å². The van der Waals surface area contributed by atoms with E-state index < -0.39 is 23.9 Å². The molecular formula is C11H11BrClF3O2. The molecule has 0 amide bonds. The Kier molecular flexibility index (Phi) is 5.46. The van der Waals surface area contributed by atoms with E-state index in [1.54, 1.807) is 0 Å². The van der Waals surface area contributed by atoms with Crippen molar-refractivity contribution in [2.45, 2.75) is 24.8 Å². The molecule has 0 aliphatic rings. The number of alkyl halides is 4. The fourth-order valence-corrected chi connectivity index (χ4v) is 2.15. The molecule has 102 valence electrons. The summed E-state index contributed by atoms with van der Waals surface area (Å²) in [6.45, 7) is 0. The molecule has 0 spiro atoms. The van der Waals surface area contributed by atoms with Crippen molar-refractivity contribution in [3.63, 3.8) is 0 Å². The van der Waals surface area contributed by atoms with Crippen LogP contribution in [0.15, 0.2) is 18.2 Å². The highest BCUT2D eigenvalue weighted by atomic mass is 79.9. The fourth-order valence-electron chi connectivity index (χ4n) is 1.51. The van der Waals surface area contributed by atoms with Crippen LogP contribution in [0.25, 0.3) is 0 Å². The molecule has 2 atom stereocenters. The number of halogens is 5. The molecule has 0 aliphatic heterocycles. The normalized spacial score (nSPS) is 15.5. The SMILES string of the molecule is OC(CCBr)C(O)c1ccc(Cl)cc1C(F)(F)F. The van der Waals surface area contributed by atoms with Gasteiger partial charge in [-0.1, -0.05) is 33.6 Å². The van der Waals surface area contributed by atoms with E-state index in [0.29, 0.717) is 5.33 Å². The first kappa shape index (κ1) is 15.8. The van der Waals surface area contributed by atoms with Gasteiger partial charge in [-0.2, -0.15) is 13.2 Å². The van der Waals surface area contributed by atoms with Crippen molar-refractivity contribution in [1.82, 2.24) is 0 Å². The molecule has 7 heteroatoms. The summed E-state index contributed by atoms with van der Waals surface area (Å²) in [6.07, 6.45) is -7.36. The zero-order valence-corrected chi connectivity index (χ0v) is 11.4. The van der Waals surface area contributed by atoms with E-state index in [4.69, 9.17) is 11.6 Å². The lowest BCUT2D eigenvalue weighted by Crippen LogP contribution is -2.22. The van der Waals surface area contributed by atoms with Crippen molar-refractivity contribution >= 4 is 27.5 Å². The molecule has 0 saturated carbocycles. The minimum Gasteiger partial charge on any atom is -0.390 e. The smallest absolute Gasteiger partial charge is 0.390 e. The molecule has 0 radical (unpaired) electrons. The van der Waals surface area contributed by atoms with Crippen LogP contribution in [-0.4, -0.2) is 21.6 Å². The first-order valence-electron chi connectivity index (χ1n) is 5.06. The van der Waals surface area contributed by atoms with Gasteiger partial charge in [0, 0.05) is 10.4 Å². The highest BCUT2D eigenvalue weighted by Gasteiger charge is 2.36. The van der Waals surface area contributed by atoms with Crippen LogP contribution in [0.4, 0.5) is 13.2 Å². The van der Waals surface area contributed by atoms with Gasteiger partial charge in [-0.05, 0) is 24.1 Å². The van der Waals surface area contributed by atoms with Gasteiger partial charge in [0.1, 0.15) is 6.10 Å². The second-order valence-corrected chi connectivity index (χ2v) is 4.95. The van der Waals surface area contributed by atoms with Crippen LogP contribution in [-0.2, 0) is 6.18 Å². The van der Waals surface area contributed by atoms with Crippen molar-refractivity contribution < 1.29 is 23.4 Å². The summed E-state index contributed by atoms with van der Waals surface area (Å²) in [5, 5.41) is 19.6. The van der Waals surface area contributed by atoms with Gasteiger partial charge in [-0.3, -0.25) is 0 Å². The predicted molar refractivity (Wildman–Crippen MR) is 65.8 cm³/mol. The molecule has 0 saturated heterocycles. The summed E-state index contributed by atoms with van der Waals surface area (Å²) >= 11 is 8.56. The van der Waals surface area contributed by atoms with Crippen molar-refractivity contribution in [3.8, 4) is 0 Å². The zero-order chi connectivity index (χ0) is 13.9. The third kappa shape index (κ3) is 3.85. The molecule has 2 unspecified atom stereocenters. The predicted octanol–water partition coefficient (Wildman–Crippen LogP) is 3.54. The number of hydrogen-bond acceptors (Lipinski definition) is 2. The molecule has 1 rings (SSSR count). The molecule has 0 aromatic heterocycles. The van der Waals surface area contributed by atoms with Crippen molar-refractivity contribution in [1.29, 1.82) is 0 Å². The minimum atomic E-state index is -4.63. The van der Waals surface area contributed by atoms with Gasteiger partial charge in [0.15, 0.2) is 0 Å². The zero-order valence-electron chi connectivity index (χ0n) is 9.09. The lowest BCUT2D eigenvalue weighted by molar-refractivity contribution is -0.139. The van der Waals surface area contributed by atoms with Gasteiger partial charge in [0.25, 0.3) is 0 Å². The molecule has 0 bridgehead atoms. The van der Waals surface area contributed by atoms with Gasteiger partial charge < -0.3 is 10.2 Å². The molecular weight excluding hydrogens is 336 g/mol. The average molecular weight is 348 g/mol. The summed E-state index contributed by atoms with van der Waals surface area (Å²) in [7, 11) is 0. The summed E-state index contributed by atoms with van der Waals surface area (Å²) < 4.78 is 38.3. The van der Waals surface area contributed by atoms with Crippen LogP contribution in [0.3, 0.4) is 0 Å². The summed E-state index contributed by atoms with van der Waals surface area (Å²) in [5.41, 5.74) is -1.41. The van der Waals surface area contributed by atoms with Crippen LogP contribution in [0.5, 0.6) is 0 Å². The van der Waals surface area contributed by atoms with Crippen LogP contribution >= 0.6 is 27.5 Å². The molecule has 0 heterocycles. The number of benzene rings is 1. The third-order valence-corrected chi connectivity index (χ3v) is 3.10. The fraction of sp³-hybridized carbons (Fsp3) is 0.455. The Morgan fingerprint density at radius 2 is 1.89 bits per heavy atom. The Balaban J connectivity index is 3.15. The molecule has 1 aromatic carbocycles. The van der Waals surface area contributed by atoms with E-state index >= 15 is 0 Å². The van der Waals surface area contributed by atoms with Gasteiger partial charge in [0.2, 0.25) is 0 Å². The Morgan fingerprint density at radius 3 is 2.39 bits per heavy atom. The van der Waals surface area contributed by atoms with Gasteiger partial charge in [0.05, 0.1) is 11.7 Å². The molecule has 18 heavy (non-hydrogen) atoms. The topological polar surface area (TPSA) is 40.5 Å². The lowest BCUT2D eigenvalue weighted by atomic mass is 9.97. The quantitative estimate of drug-likeness (QED) is 0.818. The first-order chi connectivity index (χ1) is 8.27. The maximum absolute atomic E-state index is 12.8. The van der Waals surface area contributed by atoms with Crippen LogP contribution in [0.1, 0.15) is 23.7 Å². The Bertz CT molecular complexity index is 412. The molecule has 2 N–H and O–H groups in total. The van der Waals surface area contributed by atoms with Gasteiger partial charge >= 0.3 is 6.18 Å². The standard InChI is InChI=1S/C11H11BrClF3O2/c12-4-3-9(17)10(18)7-2-1-6(13)5-8(7)11(14,15)16/h1-2,5,9-10,17-18H,3-4H2. The van der Waals surface area contributed by atoms with E-state index in [9.17, 15) is 23.4 Å². The van der Waals surface area contributed by atoms with Crippen LogP contribution in [0, 0.1) is 0 Å². The Hall–Kier alpha value is -0.300. The maximum atomic E-state index is 12.8. The summed E-state index contributed by atoms with van der Waals surface area (Å²) in [4.78, 5) is 0. The summed E-state index contributed by atoms with van der Waals surface area (Å²) in [6, 6.07) is 3.06. The highest BCUT2D eigenvalue weighted by Crippen LogP contribution is 2.37. The highest BCUT2D eigenvalue weighted by molar-refractivity contribution is 9.09. The average Bonchev–Trinajstić information content (AvgIpc) is 2.27. The van der Waals surface area contributed by atoms with E-state index in [1.165, 1.54) is 6.07 Å². The van der Waals surface area contributed by atoms with E-state index in [-0.39, 0.29) is 17.0 Å². The third-order valence-electron chi connectivity index (χ3n) is 2.41.